The molecule has 0 N–H and O–H groups in total. The van der Waals surface area contributed by atoms with Gasteiger partial charge in [0.2, 0.25) is 10.0 Å². The number of nitrogens with zero attached hydrogens (tertiary/aromatic N) is 3. The molecule has 3 heterocycles. The lowest BCUT2D eigenvalue weighted by Crippen LogP contribution is -2.48. The van der Waals surface area contributed by atoms with Crippen LogP contribution in [0.2, 0.25) is 5.02 Å². The Morgan fingerprint density at radius 3 is 2.34 bits per heavy atom. The summed E-state index contributed by atoms with van der Waals surface area (Å²) >= 11 is 9.20. The molecular formula is C20H22ClN3O2S3. The third-order valence-electron chi connectivity index (χ3n) is 5.14. The summed E-state index contributed by atoms with van der Waals surface area (Å²) < 4.78 is 28.2. The van der Waals surface area contributed by atoms with Crippen molar-refractivity contribution in [2.45, 2.75) is 25.7 Å². The maximum atomic E-state index is 13.3. The summed E-state index contributed by atoms with van der Waals surface area (Å²) in [5.41, 5.74) is 2.02. The number of halogens is 1. The maximum Gasteiger partial charge on any atom is 0.244 e. The van der Waals surface area contributed by atoms with Gasteiger partial charge in [-0.2, -0.15) is 4.31 Å². The van der Waals surface area contributed by atoms with E-state index >= 15 is 0 Å². The maximum absolute atomic E-state index is 13.3. The van der Waals surface area contributed by atoms with Gasteiger partial charge < -0.3 is 4.90 Å². The van der Waals surface area contributed by atoms with Gasteiger partial charge in [0.1, 0.15) is 5.01 Å². The van der Waals surface area contributed by atoms with Crippen LogP contribution in [0.15, 0.2) is 35.2 Å². The van der Waals surface area contributed by atoms with Gasteiger partial charge in [0.05, 0.1) is 15.5 Å². The van der Waals surface area contributed by atoms with Gasteiger partial charge in [0, 0.05) is 46.6 Å². The molecule has 0 unspecified atom stereocenters. The summed E-state index contributed by atoms with van der Waals surface area (Å²) in [5.74, 6) is 0. The number of hydrogen-bond acceptors (Lipinski definition) is 6. The van der Waals surface area contributed by atoms with E-state index in [2.05, 4.69) is 9.88 Å². The molecule has 9 heteroatoms. The van der Waals surface area contributed by atoms with Crippen molar-refractivity contribution in [2.24, 2.45) is 0 Å². The molecule has 1 aliphatic rings. The fraction of sp³-hybridized carbons (Fsp3) is 0.350. The van der Waals surface area contributed by atoms with Crippen molar-refractivity contribution in [3.8, 4) is 9.88 Å². The zero-order valence-electron chi connectivity index (χ0n) is 16.5. The molecule has 3 aromatic rings. The molecule has 0 bridgehead atoms. The number of thiophene rings is 1. The van der Waals surface area contributed by atoms with E-state index in [1.54, 1.807) is 21.7 Å². The Balaban J connectivity index is 1.54. The van der Waals surface area contributed by atoms with Crippen LogP contribution in [0, 0.1) is 20.8 Å². The zero-order valence-corrected chi connectivity index (χ0v) is 19.7. The number of thiazole rings is 1. The first kappa shape index (κ1) is 20.8. The number of hydrogen-bond donors (Lipinski definition) is 0. The highest BCUT2D eigenvalue weighted by atomic mass is 35.5. The first-order valence-corrected chi connectivity index (χ1v) is 12.8. The number of anilines is 1. The Bertz CT molecular complexity index is 1130. The molecule has 1 aliphatic heterocycles. The highest BCUT2D eigenvalue weighted by Crippen LogP contribution is 2.37. The minimum absolute atomic E-state index is 0.402. The molecule has 5 nitrogen and oxygen atoms in total. The summed E-state index contributed by atoms with van der Waals surface area (Å²) in [7, 11) is -3.53. The molecular weight excluding hydrogens is 446 g/mol. The third kappa shape index (κ3) is 4.09. The lowest BCUT2D eigenvalue weighted by molar-refractivity contribution is 0.385. The molecule has 0 saturated carbocycles. The Morgan fingerprint density at radius 1 is 1.00 bits per heavy atom. The van der Waals surface area contributed by atoms with Crippen molar-refractivity contribution >= 4 is 50.0 Å². The van der Waals surface area contributed by atoms with E-state index < -0.39 is 10.0 Å². The van der Waals surface area contributed by atoms with Gasteiger partial charge in [-0.1, -0.05) is 17.7 Å². The van der Waals surface area contributed by atoms with E-state index in [0.717, 1.165) is 31.0 Å². The van der Waals surface area contributed by atoms with Crippen molar-refractivity contribution in [2.75, 3.05) is 31.1 Å². The van der Waals surface area contributed by atoms with Gasteiger partial charge in [0.25, 0.3) is 0 Å². The fourth-order valence-electron chi connectivity index (χ4n) is 3.40. The average molecular weight is 468 g/mol. The summed E-state index contributed by atoms with van der Waals surface area (Å²) in [5, 5.41) is 1.58. The van der Waals surface area contributed by atoms with Crippen LogP contribution in [0.5, 0.6) is 0 Å². The van der Waals surface area contributed by atoms with Gasteiger partial charge >= 0.3 is 0 Å². The van der Waals surface area contributed by atoms with Crippen LogP contribution in [-0.4, -0.2) is 43.9 Å². The SMILES string of the molecule is Cc1nc(-c2cc(S(=O)(=O)N3CCN(c4cccc(Cl)c4)CC3)c(C)s2)sc1C. The monoisotopic (exact) mass is 467 g/mol. The van der Waals surface area contributed by atoms with Gasteiger partial charge in [-0.3, -0.25) is 0 Å². The topological polar surface area (TPSA) is 53.5 Å². The molecule has 1 fully saturated rings. The fourth-order valence-corrected chi connectivity index (χ4v) is 7.53. The van der Waals surface area contributed by atoms with Gasteiger partial charge in [-0.25, -0.2) is 13.4 Å². The Kier molecular flexibility index (Phi) is 5.74. The number of benzene rings is 1. The lowest BCUT2D eigenvalue weighted by Gasteiger charge is -2.35. The molecule has 0 radical (unpaired) electrons. The van der Waals surface area contributed by atoms with E-state index in [9.17, 15) is 8.42 Å². The second kappa shape index (κ2) is 8.00. The van der Waals surface area contributed by atoms with Crippen LogP contribution < -0.4 is 4.90 Å². The Labute approximate surface area is 184 Å². The van der Waals surface area contributed by atoms with Gasteiger partial charge in [-0.15, -0.1) is 22.7 Å². The van der Waals surface area contributed by atoms with Crippen LogP contribution in [0.1, 0.15) is 15.4 Å². The summed E-state index contributed by atoms with van der Waals surface area (Å²) in [6, 6.07) is 9.46. The van der Waals surface area contributed by atoms with Gasteiger partial charge in [0.15, 0.2) is 0 Å². The predicted octanol–water partition coefficient (Wildman–Crippen LogP) is 4.96. The number of aromatic nitrogens is 1. The number of piperazine rings is 1. The molecule has 1 saturated heterocycles. The van der Waals surface area contributed by atoms with Crippen LogP contribution in [0.25, 0.3) is 9.88 Å². The molecule has 154 valence electrons. The quantitative estimate of drug-likeness (QED) is 0.544. The van der Waals surface area contributed by atoms with E-state index in [-0.39, 0.29) is 0 Å². The first-order chi connectivity index (χ1) is 13.8. The molecule has 4 rings (SSSR count). The minimum Gasteiger partial charge on any atom is -0.369 e. The van der Waals surface area contributed by atoms with E-state index in [4.69, 9.17) is 11.6 Å². The average Bonchev–Trinajstić information content (AvgIpc) is 3.25. The van der Waals surface area contributed by atoms with E-state index in [1.807, 2.05) is 45.0 Å². The second-order valence-electron chi connectivity index (χ2n) is 7.06. The smallest absolute Gasteiger partial charge is 0.244 e. The van der Waals surface area contributed by atoms with Crippen molar-refractivity contribution in [1.82, 2.24) is 9.29 Å². The lowest BCUT2D eigenvalue weighted by atomic mass is 10.2. The van der Waals surface area contributed by atoms with Crippen LogP contribution in [0.4, 0.5) is 5.69 Å². The molecule has 2 aromatic heterocycles. The van der Waals surface area contributed by atoms with Gasteiger partial charge in [-0.05, 0) is 45.0 Å². The zero-order chi connectivity index (χ0) is 20.8. The Hall–Kier alpha value is -1.45. The highest BCUT2D eigenvalue weighted by molar-refractivity contribution is 7.89. The summed E-state index contributed by atoms with van der Waals surface area (Å²) in [4.78, 5) is 10.0. The minimum atomic E-state index is -3.53. The van der Waals surface area contributed by atoms with Crippen LogP contribution in [0.3, 0.4) is 0 Å². The van der Waals surface area contributed by atoms with Crippen molar-refractivity contribution in [1.29, 1.82) is 0 Å². The molecule has 0 amide bonds. The number of aryl methyl sites for hydroxylation is 3. The van der Waals surface area contributed by atoms with Crippen molar-refractivity contribution in [3.05, 3.63) is 50.8 Å². The summed E-state index contributed by atoms with van der Waals surface area (Å²) in [6.45, 7) is 8.07. The molecule has 29 heavy (non-hydrogen) atoms. The van der Waals surface area contributed by atoms with Crippen molar-refractivity contribution < 1.29 is 8.42 Å². The predicted molar refractivity (Wildman–Crippen MR) is 122 cm³/mol. The van der Waals surface area contributed by atoms with Crippen LogP contribution >= 0.6 is 34.3 Å². The summed E-state index contributed by atoms with van der Waals surface area (Å²) in [6.07, 6.45) is 0. The first-order valence-electron chi connectivity index (χ1n) is 9.31. The third-order valence-corrected chi connectivity index (χ3v) is 9.82. The molecule has 0 aliphatic carbocycles. The standard InChI is InChI=1S/C20H22ClN3O2S3/c1-13-14(2)28-20(22-13)18-12-19(15(3)27-18)29(25,26)24-9-7-23(8-10-24)17-6-4-5-16(21)11-17/h4-6,11-12H,7-10H2,1-3H3. The Morgan fingerprint density at radius 2 is 1.72 bits per heavy atom. The molecule has 1 aromatic carbocycles. The molecule has 0 spiro atoms. The van der Waals surface area contributed by atoms with Crippen LogP contribution in [-0.2, 0) is 10.0 Å². The highest BCUT2D eigenvalue weighted by Gasteiger charge is 2.31. The normalized spacial score (nSPS) is 15.8. The molecule has 0 atom stereocenters. The number of rotatable bonds is 4. The largest absolute Gasteiger partial charge is 0.369 e. The number of sulfonamides is 1. The van der Waals surface area contributed by atoms with Crippen molar-refractivity contribution in [3.63, 3.8) is 0 Å². The van der Waals surface area contributed by atoms with E-state index in [1.165, 1.54) is 11.3 Å². The van der Waals surface area contributed by atoms with E-state index in [0.29, 0.717) is 36.1 Å². The second-order valence-corrected chi connectivity index (χ2v) is 11.9.